The number of ether oxygens (including phenoxy) is 1. The van der Waals surface area contributed by atoms with Gasteiger partial charge in [0.2, 0.25) is 0 Å². The number of carbonyl (C=O) groups is 1. The van der Waals surface area contributed by atoms with E-state index in [1.165, 1.54) is 24.0 Å². The number of hydrogen-bond acceptors (Lipinski definition) is 3. The van der Waals surface area contributed by atoms with Crippen LogP contribution in [-0.2, 0) is 17.6 Å². The van der Waals surface area contributed by atoms with Gasteiger partial charge in [0, 0.05) is 0 Å². The van der Waals surface area contributed by atoms with Gasteiger partial charge in [0.25, 0.3) is 0 Å². The third kappa shape index (κ3) is 3.31. The Balaban J connectivity index is 2.04. The molecular formula is C16H23NO3. The molecule has 0 saturated carbocycles. The molecule has 1 atom stereocenters. The maximum absolute atomic E-state index is 11.3. The van der Waals surface area contributed by atoms with Crippen LogP contribution in [0.15, 0.2) is 18.2 Å². The lowest BCUT2D eigenvalue weighted by atomic mass is 9.92. The first-order valence-corrected chi connectivity index (χ1v) is 7.28. The van der Waals surface area contributed by atoms with Crippen molar-refractivity contribution < 1.29 is 14.6 Å². The van der Waals surface area contributed by atoms with Crippen molar-refractivity contribution in [3.63, 3.8) is 0 Å². The molecule has 1 unspecified atom stereocenters. The van der Waals surface area contributed by atoms with Crippen LogP contribution < -0.4 is 10.1 Å². The van der Waals surface area contributed by atoms with E-state index in [0.29, 0.717) is 6.54 Å². The number of benzene rings is 1. The van der Waals surface area contributed by atoms with Crippen molar-refractivity contribution in [2.24, 2.45) is 0 Å². The lowest BCUT2D eigenvalue weighted by Gasteiger charge is -2.26. The average molecular weight is 277 g/mol. The van der Waals surface area contributed by atoms with E-state index in [0.717, 1.165) is 18.6 Å². The molecule has 0 saturated heterocycles. The third-order valence-electron chi connectivity index (χ3n) is 3.89. The summed E-state index contributed by atoms with van der Waals surface area (Å²) in [4.78, 5) is 11.3. The third-order valence-corrected chi connectivity index (χ3v) is 3.89. The van der Waals surface area contributed by atoms with E-state index >= 15 is 0 Å². The fourth-order valence-corrected chi connectivity index (χ4v) is 2.61. The molecule has 0 aromatic heterocycles. The number of hydrogen-bond donors (Lipinski definition) is 2. The molecule has 1 aliphatic rings. The summed E-state index contributed by atoms with van der Waals surface area (Å²) in [5, 5.41) is 12.3. The van der Waals surface area contributed by atoms with E-state index in [1.54, 1.807) is 6.92 Å². The summed E-state index contributed by atoms with van der Waals surface area (Å²) in [7, 11) is 0. The van der Waals surface area contributed by atoms with Gasteiger partial charge < -0.3 is 9.84 Å². The Bertz CT molecular complexity index is 487. The number of carboxylic acid groups (broad SMARTS) is 1. The van der Waals surface area contributed by atoms with E-state index in [-0.39, 0.29) is 6.61 Å². The molecule has 110 valence electrons. The summed E-state index contributed by atoms with van der Waals surface area (Å²) in [6, 6.07) is 6.11. The number of likely N-dealkylation sites (N-methyl/N-ethyl adjacent to an activating group) is 1. The van der Waals surface area contributed by atoms with Gasteiger partial charge in [0.15, 0.2) is 0 Å². The first-order chi connectivity index (χ1) is 9.55. The minimum atomic E-state index is -1.05. The molecule has 4 nitrogen and oxygen atoms in total. The first-order valence-electron chi connectivity index (χ1n) is 7.28. The molecule has 0 aliphatic heterocycles. The molecule has 0 radical (unpaired) electrons. The second-order valence-electron chi connectivity index (χ2n) is 5.59. The van der Waals surface area contributed by atoms with E-state index in [1.807, 2.05) is 13.0 Å². The lowest BCUT2D eigenvalue weighted by Crippen LogP contribution is -2.53. The van der Waals surface area contributed by atoms with E-state index in [9.17, 15) is 9.90 Å². The summed E-state index contributed by atoms with van der Waals surface area (Å²) in [6.07, 6.45) is 4.71. The van der Waals surface area contributed by atoms with Crippen molar-refractivity contribution in [1.29, 1.82) is 0 Å². The van der Waals surface area contributed by atoms with Crippen LogP contribution >= 0.6 is 0 Å². The minimum absolute atomic E-state index is 0.120. The Labute approximate surface area is 120 Å². The van der Waals surface area contributed by atoms with Gasteiger partial charge in [-0.05, 0) is 62.4 Å². The van der Waals surface area contributed by atoms with Gasteiger partial charge in [0.05, 0.1) is 0 Å². The number of aryl methyl sites for hydroxylation is 2. The Hall–Kier alpha value is -1.55. The molecule has 20 heavy (non-hydrogen) atoms. The fourth-order valence-electron chi connectivity index (χ4n) is 2.61. The average Bonchev–Trinajstić information content (AvgIpc) is 2.45. The summed E-state index contributed by atoms with van der Waals surface area (Å²) >= 11 is 0. The van der Waals surface area contributed by atoms with Crippen LogP contribution in [-0.4, -0.2) is 29.8 Å². The molecule has 1 aromatic rings. The molecule has 0 bridgehead atoms. The zero-order valence-electron chi connectivity index (χ0n) is 12.2. The van der Waals surface area contributed by atoms with Gasteiger partial charge in [-0.15, -0.1) is 0 Å². The molecule has 4 heteroatoms. The molecule has 1 aromatic carbocycles. The predicted molar refractivity (Wildman–Crippen MR) is 78.3 cm³/mol. The molecule has 0 spiro atoms. The van der Waals surface area contributed by atoms with Crippen LogP contribution in [0.5, 0.6) is 5.75 Å². The second kappa shape index (κ2) is 6.27. The van der Waals surface area contributed by atoms with Gasteiger partial charge in [-0.25, -0.2) is 0 Å². The van der Waals surface area contributed by atoms with Crippen molar-refractivity contribution in [2.45, 2.75) is 45.1 Å². The zero-order chi connectivity index (χ0) is 14.6. The van der Waals surface area contributed by atoms with Crippen molar-refractivity contribution in [3.8, 4) is 5.75 Å². The summed E-state index contributed by atoms with van der Waals surface area (Å²) in [5.74, 6) is -0.131. The molecule has 2 N–H and O–H groups in total. The smallest absolute Gasteiger partial charge is 0.327 e. The summed E-state index contributed by atoms with van der Waals surface area (Å²) < 4.78 is 5.71. The van der Waals surface area contributed by atoms with Crippen LogP contribution in [0.1, 0.15) is 37.8 Å². The highest BCUT2D eigenvalue weighted by Crippen LogP contribution is 2.25. The summed E-state index contributed by atoms with van der Waals surface area (Å²) in [5.41, 5.74) is 1.69. The maximum Gasteiger partial charge on any atom is 0.327 e. The van der Waals surface area contributed by atoms with Crippen molar-refractivity contribution >= 4 is 5.97 Å². The van der Waals surface area contributed by atoms with Crippen molar-refractivity contribution in [1.82, 2.24) is 5.32 Å². The monoisotopic (exact) mass is 277 g/mol. The Kier molecular flexibility index (Phi) is 4.65. The topological polar surface area (TPSA) is 58.6 Å². The largest absolute Gasteiger partial charge is 0.491 e. The second-order valence-corrected chi connectivity index (χ2v) is 5.59. The van der Waals surface area contributed by atoms with E-state index in [2.05, 4.69) is 17.4 Å². The Morgan fingerprint density at radius 1 is 1.35 bits per heavy atom. The normalized spacial score (nSPS) is 17.1. The van der Waals surface area contributed by atoms with E-state index < -0.39 is 11.5 Å². The number of carboxylic acids is 1. The zero-order valence-corrected chi connectivity index (χ0v) is 12.2. The number of nitrogens with one attached hydrogen (secondary N) is 1. The predicted octanol–water partition coefficient (Wildman–Crippen LogP) is 2.40. The molecular weight excluding hydrogens is 254 g/mol. The van der Waals surface area contributed by atoms with Gasteiger partial charge in [-0.1, -0.05) is 13.0 Å². The quantitative estimate of drug-likeness (QED) is 0.838. The maximum atomic E-state index is 11.3. The van der Waals surface area contributed by atoms with E-state index in [4.69, 9.17) is 4.74 Å². The lowest BCUT2D eigenvalue weighted by molar-refractivity contribution is -0.145. The fraction of sp³-hybridized carbons (Fsp3) is 0.562. The van der Waals surface area contributed by atoms with Gasteiger partial charge in [-0.2, -0.15) is 0 Å². The minimum Gasteiger partial charge on any atom is -0.491 e. The molecule has 0 fully saturated rings. The molecule has 1 aliphatic carbocycles. The molecule has 0 heterocycles. The highest BCUT2D eigenvalue weighted by Gasteiger charge is 2.33. The van der Waals surface area contributed by atoms with Crippen molar-refractivity contribution in [2.75, 3.05) is 13.2 Å². The Morgan fingerprint density at radius 2 is 2.05 bits per heavy atom. The standard InChI is InChI=1S/C16H23NO3/c1-3-17-16(2,15(18)19)11-20-14-9-8-12-6-4-5-7-13(12)10-14/h8-10,17H,3-7,11H2,1-2H3,(H,18,19). The van der Waals surface area contributed by atoms with Gasteiger partial charge in [-0.3, -0.25) is 10.1 Å². The number of rotatable bonds is 6. The van der Waals surface area contributed by atoms with Crippen LogP contribution in [0.3, 0.4) is 0 Å². The van der Waals surface area contributed by atoms with Crippen LogP contribution in [0.25, 0.3) is 0 Å². The first kappa shape index (κ1) is 14.9. The highest BCUT2D eigenvalue weighted by molar-refractivity contribution is 5.78. The SMILES string of the molecule is CCNC(C)(COc1ccc2c(c1)CCCC2)C(=O)O. The van der Waals surface area contributed by atoms with Crippen molar-refractivity contribution in [3.05, 3.63) is 29.3 Å². The highest BCUT2D eigenvalue weighted by atomic mass is 16.5. The van der Waals surface area contributed by atoms with Crippen LogP contribution in [0.4, 0.5) is 0 Å². The number of aliphatic carboxylic acids is 1. The summed E-state index contributed by atoms with van der Waals surface area (Å²) in [6.45, 7) is 4.25. The van der Waals surface area contributed by atoms with Gasteiger partial charge in [0.1, 0.15) is 17.9 Å². The Morgan fingerprint density at radius 3 is 2.70 bits per heavy atom. The number of fused-ring (bicyclic) bond motifs is 1. The van der Waals surface area contributed by atoms with Crippen LogP contribution in [0, 0.1) is 0 Å². The molecule has 2 rings (SSSR count). The van der Waals surface area contributed by atoms with Gasteiger partial charge >= 0.3 is 5.97 Å². The molecule has 0 amide bonds. The van der Waals surface area contributed by atoms with Crippen LogP contribution in [0.2, 0.25) is 0 Å².